The van der Waals surface area contributed by atoms with E-state index in [9.17, 15) is 0 Å². The van der Waals surface area contributed by atoms with Crippen LogP contribution in [-0.4, -0.2) is 16.5 Å². The highest BCUT2D eigenvalue weighted by molar-refractivity contribution is 5.92. The van der Waals surface area contributed by atoms with Crippen LogP contribution in [0.15, 0.2) is 42.5 Å². The van der Waals surface area contributed by atoms with Crippen molar-refractivity contribution in [3.05, 3.63) is 59.4 Å². The van der Waals surface area contributed by atoms with E-state index in [1.165, 1.54) is 23.4 Å². The van der Waals surface area contributed by atoms with Gasteiger partial charge in [0, 0.05) is 29.0 Å². The van der Waals surface area contributed by atoms with Crippen LogP contribution in [0.25, 0.3) is 11.0 Å². The van der Waals surface area contributed by atoms with Gasteiger partial charge in [-0.1, -0.05) is 18.2 Å². The zero-order chi connectivity index (χ0) is 15.1. The van der Waals surface area contributed by atoms with E-state index in [2.05, 4.69) is 57.3 Å². The third-order valence-corrected chi connectivity index (χ3v) is 4.32. The maximum absolute atomic E-state index is 4.61. The predicted molar refractivity (Wildman–Crippen MR) is 90.8 cm³/mol. The molecule has 3 aromatic rings. The largest absolute Gasteiger partial charge is 0.341 e. The van der Waals surface area contributed by atoms with Gasteiger partial charge in [-0.2, -0.15) is 0 Å². The first-order valence-electron chi connectivity index (χ1n) is 7.83. The van der Waals surface area contributed by atoms with E-state index >= 15 is 0 Å². The number of aryl methyl sites for hydroxylation is 3. The summed E-state index contributed by atoms with van der Waals surface area (Å²) in [5, 5.41) is 1.13. The lowest BCUT2D eigenvalue weighted by molar-refractivity contribution is 0.768. The van der Waals surface area contributed by atoms with E-state index < -0.39 is 0 Å². The van der Waals surface area contributed by atoms with E-state index in [1.807, 2.05) is 13.8 Å². The molecule has 1 aromatic carbocycles. The molecule has 3 heteroatoms. The molecule has 0 radical (unpaired) electrons. The number of fused-ring (bicyclic) bond motifs is 2. The molecular formula is C19H19N3. The molecule has 3 heterocycles. The van der Waals surface area contributed by atoms with Crippen LogP contribution < -0.4 is 4.90 Å². The van der Waals surface area contributed by atoms with E-state index in [1.54, 1.807) is 0 Å². The van der Waals surface area contributed by atoms with Crippen molar-refractivity contribution in [3.63, 3.8) is 0 Å². The van der Waals surface area contributed by atoms with Gasteiger partial charge < -0.3 is 4.90 Å². The van der Waals surface area contributed by atoms with Crippen LogP contribution in [0.4, 0.5) is 11.4 Å². The lowest BCUT2D eigenvalue weighted by Crippen LogP contribution is -2.24. The number of hydrogen-bond acceptors (Lipinski definition) is 3. The summed E-state index contributed by atoms with van der Waals surface area (Å²) < 4.78 is 0. The lowest BCUT2D eigenvalue weighted by atomic mass is 10.0. The SMILES string of the molecule is Cc1ccc2c(N3CCCc4ccccc43)cc(C)nc2n1. The maximum atomic E-state index is 4.61. The van der Waals surface area contributed by atoms with Gasteiger partial charge in [0.05, 0.1) is 5.69 Å². The van der Waals surface area contributed by atoms with Crippen LogP contribution in [0.3, 0.4) is 0 Å². The Morgan fingerprint density at radius 2 is 1.73 bits per heavy atom. The van der Waals surface area contributed by atoms with Crippen molar-refractivity contribution in [2.45, 2.75) is 26.7 Å². The number of benzene rings is 1. The van der Waals surface area contributed by atoms with Crippen LogP contribution >= 0.6 is 0 Å². The first kappa shape index (κ1) is 13.3. The van der Waals surface area contributed by atoms with E-state index in [-0.39, 0.29) is 0 Å². The molecule has 2 aromatic heterocycles. The zero-order valence-electron chi connectivity index (χ0n) is 13.0. The highest BCUT2D eigenvalue weighted by atomic mass is 15.1. The zero-order valence-corrected chi connectivity index (χ0v) is 13.0. The van der Waals surface area contributed by atoms with E-state index in [0.717, 1.165) is 35.4 Å². The second-order valence-corrected chi connectivity index (χ2v) is 5.99. The Hall–Kier alpha value is -2.42. The second kappa shape index (κ2) is 5.09. The number of pyridine rings is 2. The van der Waals surface area contributed by atoms with Crippen LogP contribution in [0.1, 0.15) is 23.4 Å². The molecule has 0 aliphatic carbocycles. The van der Waals surface area contributed by atoms with Gasteiger partial charge in [-0.3, -0.25) is 0 Å². The van der Waals surface area contributed by atoms with Crippen molar-refractivity contribution in [2.75, 3.05) is 11.4 Å². The number of hydrogen-bond donors (Lipinski definition) is 0. The van der Waals surface area contributed by atoms with Crippen molar-refractivity contribution < 1.29 is 0 Å². The minimum atomic E-state index is 0.845. The molecule has 1 aliphatic rings. The standard InChI is InChI=1S/C19H19N3/c1-13-9-10-16-18(12-14(2)21-19(16)20-13)22-11-5-7-15-6-3-4-8-17(15)22/h3-4,6,8-10,12H,5,7,11H2,1-2H3. The Morgan fingerprint density at radius 3 is 2.64 bits per heavy atom. The van der Waals surface area contributed by atoms with Crippen LogP contribution in [0, 0.1) is 13.8 Å². The Labute approximate surface area is 130 Å². The van der Waals surface area contributed by atoms with Crippen LogP contribution in [0.2, 0.25) is 0 Å². The lowest BCUT2D eigenvalue weighted by Gasteiger charge is -2.32. The number of aromatic nitrogens is 2. The molecule has 1 aliphatic heterocycles. The normalized spacial score (nSPS) is 14.2. The molecule has 0 fully saturated rings. The van der Waals surface area contributed by atoms with Gasteiger partial charge in [0.1, 0.15) is 0 Å². The smallest absolute Gasteiger partial charge is 0.161 e. The summed E-state index contributed by atoms with van der Waals surface area (Å²) in [5.41, 5.74) is 6.84. The molecule has 0 N–H and O–H groups in total. The fourth-order valence-electron chi connectivity index (χ4n) is 3.31. The molecular weight excluding hydrogens is 270 g/mol. The number of nitrogens with zero attached hydrogens (tertiary/aromatic N) is 3. The van der Waals surface area contributed by atoms with Crippen molar-refractivity contribution in [2.24, 2.45) is 0 Å². The van der Waals surface area contributed by atoms with Crippen LogP contribution in [0.5, 0.6) is 0 Å². The van der Waals surface area contributed by atoms with E-state index in [4.69, 9.17) is 0 Å². The Balaban J connectivity index is 1.95. The first-order valence-corrected chi connectivity index (χ1v) is 7.83. The summed E-state index contributed by atoms with van der Waals surface area (Å²) in [6.07, 6.45) is 2.34. The minimum Gasteiger partial charge on any atom is -0.341 e. The van der Waals surface area contributed by atoms with Gasteiger partial charge in [-0.15, -0.1) is 0 Å². The molecule has 22 heavy (non-hydrogen) atoms. The molecule has 0 saturated heterocycles. The fourth-order valence-corrected chi connectivity index (χ4v) is 3.31. The Morgan fingerprint density at radius 1 is 0.909 bits per heavy atom. The predicted octanol–water partition coefficient (Wildman–Crippen LogP) is 4.33. The molecule has 0 amide bonds. The number of para-hydroxylation sites is 1. The van der Waals surface area contributed by atoms with Gasteiger partial charge in [0.25, 0.3) is 0 Å². The average molecular weight is 289 g/mol. The molecule has 0 atom stereocenters. The molecule has 0 unspecified atom stereocenters. The Bertz CT molecular complexity index is 849. The third kappa shape index (κ3) is 2.13. The number of anilines is 2. The van der Waals surface area contributed by atoms with E-state index in [0.29, 0.717) is 0 Å². The molecule has 3 nitrogen and oxygen atoms in total. The first-order chi connectivity index (χ1) is 10.7. The summed E-state index contributed by atoms with van der Waals surface area (Å²) >= 11 is 0. The molecule has 4 rings (SSSR count). The number of rotatable bonds is 1. The van der Waals surface area contributed by atoms with Gasteiger partial charge in [-0.05, 0) is 56.5 Å². The van der Waals surface area contributed by atoms with Crippen molar-refractivity contribution in [1.29, 1.82) is 0 Å². The average Bonchev–Trinajstić information content (AvgIpc) is 2.53. The maximum Gasteiger partial charge on any atom is 0.161 e. The van der Waals surface area contributed by atoms with Gasteiger partial charge in [-0.25, -0.2) is 9.97 Å². The summed E-state index contributed by atoms with van der Waals surface area (Å²) in [4.78, 5) is 11.6. The fraction of sp³-hybridized carbons (Fsp3) is 0.263. The summed E-state index contributed by atoms with van der Waals surface area (Å²) in [7, 11) is 0. The highest BCUT2D eigenvalue weighted by Crippen LogP contribution is 2.36. The van der Waals surface area contributed by atoms with Crippen molar-refractivity contribution in [3.8, 4) is 0 Å². The van der Waals surface area contributed by atoms with Crippen molar-refractivity contribution >= 4 is 22.4 Å². The second-order valence-electron chi connectivity index (χ2n) is 5.99. The Kier molecular flexibility index (Phi) is 3.07. The summed E-state index contributed by atoms with van der Waals surface area (Å²) in [5.74, 6) is 0. The van der Waals surface area contributed by atoms with Crippen LogP contribution in [-0.2, 0) is 6.42 Å². The summed E-state index contributed by atoms with van der Waals surface area (Å²) in [6.45, 7) is 5.10. The molecule has 110 valence electrons. The quantitative estimate of drug-likeness (QED) is 0.667. The topological polar surface area (TPSA) is 29.0 Å². The molecule has 0 spiro atoms. The van der Waals surface area contributed by atoms with Gasteiger partial charge in [0.2, 0.25) is 0 Å². The monoisotopic (exact) mass is 289 g/mol. The van der Waals surface area contributed by atoms with Gasteiger partial charge in [0.15, 0.2) is 5.65 Å². The third-order valence-electron chi connectivity index (χ3n) is 4.32. The molecule has 0 bridgehead atoms. The summed E-state index contributed by atoms with van der Waals surface area (Å²) in [6, 6.07) is 15.1. The van der Waals surface area contributed by atoms with Gasteiger partial charge >= 0.3 is 0 Å². The molecule has 0 saturated carbocycles. The van der Waals surface area contributed by atoms with Crippen molar-refractivity contribution in [1.82, 2.24) is 9.97 Å². The highest BCUT2D eigenvalue weighted by Gasteiger charge is 2.20. The minimum absolute atomic E-state index is 0.845.